The number of nitrogens with two attached hydrogens (primary N) is 1. The molecule has 22 heavy (non-hydrogen) atoms. The van der Waals surface area contributed by atoms with Gasteiger partial charge in [-0.05, 0) is 24.6 Å². The van der Waals surface area contributed by atoms with E-state index in [1.807, 2.05) is 36.5 Å². The van der Waals surface area contributed by atoms with Gasteiger partial charge in [-0.25, -0.2) is 10.4 Å². The molecule has 0 saturated carbocycles. The number of rotatable bonds is 3. The number of fused-ring (bicyclic) bond motifs is 1. The van der Waals surface area contributed by atoms with Gasteiger partial charge in [-0.15, -0.1) is 0 Å². The van der Waals surface area contributed by atoms with Gasteiger partial charge in [0, 0.05) is 23.8 Å². The standard InChI is InChI=1S/C16H17ClN4O/c1-10-4-5-11-8-12(15(17)20-14(11)7-10)9-19-21-16(22)13-3-2-6-18-13/h4-5,7-9,13,18H,2-3,6H2,1H3,(H,21,22)/p+1. The van der Waals surface area contributed by atoms with Gasteiger partial charge in [0.1, 0.15) is 5.15 Å². The fraction of sp³-hybridized carbons (Fsp3) is 0.312. The van der Waals surface area contributed by atoms with E-state index in [9.17, 15) is 4.79 Å². The van der Waals surface area contributed by atoms with Gasteiger partial charge in [0.25, 0.3) is 5.91 Å². The number of amides is 1. The summed E-state index contributed by atoms with van der Waals surface area (Å²) in [5.74, 6) is -0.0609. The van der Waals surface area contributed by atoms with Crippen LogP contribution in [0.4, 0.5) is 0 Å². The summed E-state index contributed by atoms with van der Waals surface area (Å²) in [6.45, 7) is 3.02. The van der Waals surface area contributed by atoms with Crippen molar-refractivity contribution in [2.24, 2.45) is 5.10 Å². The SMILES string of the molecule is Cc1ccc2cc(C=NNC(=O)C3CCC[NH2+]3)c(Cl)nc2c1. The van der Waals surface area contributed by atoms with Crippen molar-refractivity contribution in [3.8, 4) is 0 Å². The number of hydrogen-bond donors (Lipinski definition) is 2. The molecule has 3 rings (SSSR count). The number of benzene rings is 1. The summed E-state index contributed by atoms with van der Waals surface area (Å²) in [7, 11) is 0. The molecule has 1 saturated heterocycles. The summed E-state index contributed by atoms with van der Waals surface area (Å²) in [5.41, 5.74) is 5.25. The first-order valence-corrected chi connectivity index (χ1v) is 7.74. The minimum Gasteiger partial charge on any atom is -0.336 e. The largest absolute Gasteiger partial charge is 0.336 e. The minimum atomic E-state index is -0.0609. The third kappa shape index (κ3) is 3.26. The maximum atomic E-state index is 11.9. The Morgan fingerprint density at radius 3 is 3.14 bits per heavy atom. The highest BCUT2D eigenvalue weighted by Gasteiger charge is 2.25. The van der Waals surface area contributed by atoms with E-state index in [-0.39, 0.29) is 11.9 Å². The highest BCUT2D eigenvalue weighted by molar-refractivity contribution is 6.32. The zero-order valence-electron chi connectivity index (χ0n) is 12.3. The first kappa shape index (κ1) is 14.9. The Balaban J connectivity index is 1.75. The summed E-state index contributed by atoms with van der Waals surface area (Å²) >= 11 is 6.18. The Labute approximate surface area is 133 Å². The first-order valence-electron chi connectivity index (χ1n) is 7.36. The van der Waals surface area contributed by atoms with Crippen LogP contribution in [0.15, 0.2) is 29.4 Å². The molecule has 6 heteroatoms. The van der Waals surface area contributed by atoms with Gasteiger partial charge < -0.3 is 5.32 Å². The van der Waals surface area contributed by atoms with Crippen LogP contribution in [0.5, 0.6) is 0 Å². The zero-order chi connectivity index (χ0) is 15.5. The lowest BCUT2D eigenvalue weighted by Crippen LogP contribution is -2.89. The number of halogens is 1. The van der Waals surface area contributed by atoms with Crippen LogP contribution in [0.3, 0.4) is 0 Å². The van der Waals surface area contributed by atoms with Crippen molar-refractivity contribution in [1.29, 1.82) is 0 Å². The topological polar surface area (TPSA) is 71.0 Å². The summed E-state index contributed by atoms with van der Waals surface area (Å²) in [5, 5.41) is 7.41. The van der Waals surface area contributed by atoms with Crippen molar-refractivity contribution in [3.63, 3.8) is 0 Å². The molecule has 114 valence electrons. The molecule has 1 atom stereocenters. The van der Waals surface area contributed by atoms with Crippen LogP contribution in [0.2, 0.25) is 5.15 Å². The Morgan fingerprint density at radius 2 is 2.36 bits per heavy atom. The summed E-state index contributed by atoms with van der Waals surface area (Å²) in [4.78, 5) is 16.2. The van der Waals surface area contributed by atoms with Crippen molar-refractivity contribution < 1.29 is 10.1 Å². The van der Waals surface area contributed by atoms with Gasteiger partial charge in [0.05, 0.1) is 18.3 Å². The fourth-order valence-corrected chi connectivity index (χ4v) is 2.82. The van der Waals surface area contributed by atoms with Crippen LogP contribution in [-0.4, -0.2) is 29.7 Å². The highest BCUT2D eigenvalue weighted by Crippen LogP contribution is 2.20. The molecule has 1 amide bonds. The van der Waals surface area contributed by atoms with E-state index in [4.69, 9.17) is 11.6 Å². The Hall–Kier alpha value is -1.98. The lowest BCUT2D eigenvalue weighted by atomic mass is 10.1. The molecule has 0 radical (unpaired) electrons. The first-order chi connectivity index (χ1) is 10.6. The predicted molar refractivity (Wildman–Crippen MR) is 87.0 cm³/mol. The fourth-order valence-electron chi connectivity index (χ4n) is 2.62. The van der Waals surface area contributed by atoms with Crippen molar-refractivity contribution in [3.05, 3.63) is 40.5 Å². The maximum absolute atomic E-state index is 11.9. The molecule has 2 aromatic rings. The quantitative estimate of drug-likeness (QED) is 0.510. The molecule has 2 heterocycles. The molecule has 0 bridgehead atoms. The van der Waals surface area contributed by atoms with Gasteiger partial charge >= 0.3 is 0 Å². The van der Waals surface area contributed by atoms with Gasteiger partial charge in [0.15, 0.2) is 6.04 Å². The van der Waals surface area contributed by atoms with Gasteiger partial charge in [-0.3, -0.25) is 4.79 Å². The summed E-state index contributed by atoms with van der Waals surface area (Å²) in [6, 6.07) is 7.90. The summed E-state index contributed by atoms with van der Waals surface area (Å²) in [6.07, 6.45) is 3.52. The van der Waals surface area contributed by atoms with Gasteiger partial charge in [0.2, 0.25) is 0 Å². The number of quaternary nitrogens is 1. The molecule has 5 nitrogen and oxygen atoms in total. The van der Waals surface area contributed by atoms with E-state index in [1.54, 1.807) is 6.21 Å². The average Bonchev–Trinajstić information content (AvgIpc) is 3.02. The van der Waals surface area contributed by atoms with Crippen LogP contribution >= 0.6 is 11.6 Å². The smallest absolute Gasteiger partial charge is 0.298 e. The number of carbonyl (C=O) groups excluding carboxylic acids is 1. The number of nitrogens with one attached hydrogen (secondary N) is 1. The van der Waals surface area contributed by atoms with Crippen molar-refractivity contribution >= 4 is 34.6 Å². The molecule has 1 unspecified atom stereocenters. The number of hydrogen-bond acceptors (Lipinski definition) is 3. The number of pyridine rings is 1. The number of aromatic nitrogens is 1. The number of carbonyl (C=O) groups is 1. The monoisotopic (exact) mass is 317 g/mol. The van der Waals surface area contributed by atoms with Gasteiger partial charge in [-0.2, -0.15) is 5.10 Å². The number of nitrogens with zero attached hydrogens (tertiary/aromatic N) is 2. The van der Waals surface area contributed by atoms with Crippen LogP contribution in [0.25, 0.3) is 10.9 Å². The summed E-state index contributed by atoms with van der Waals surface area (Å²) < 4.78 is 0. The molecule has 1 aliphatic rings. The van der Waals surface area contributed by atoms with Crippen LogP contribution < -0.4 is 10.7 Å². The highest BCUT2D eigenvalue weighted by atomic mass is 35.5. The molecule has 1 aromatic carbocycles. The van der Waals surface area contributed by atoms with Gasteiger partial charge in [-0.1, -0.05) is 23.7 Å². The van der Waals surface area contributed by atoms with E-state index in [0.29, 0.717) is 10.7 Å². The Bertz CT molecular complexity index is 738. The second-order valence-corrected chi connectivity index (χ2v) is 5.93. The Morgan fingerprint density at radius 1 is 1.50 bits per heavy atom. The third-order valence-corrected chi connectivity index (χ3v) is 4.14. The van der Waals surface area contributed by atoms with E-state index in [2.05, 4.69) is 15.5 Å². The normalized spacial score (nSPS) is 18.2. The van der Waals surface area contributed by atoms with E-state index < -0.39 is 0 Å². The molecule has 0 spiro atoms. The molecule has 0 aliphatic carbocycles. The average molecular weight is 318 g/mol. The second kappa shape index (κ2) is 6.42. The van der Waals surface area contributed by atoms with E-state index >= 15 is 0 Å². The Kier molecular flexibility index (Phi) is 4.36. The van der Waals surface area contributed by atoms with Crippen LogP contribution in [-0.2, 0) is 4.79 Å². The van der Waals surface area contributed by atoms with Crippen LogP contribution in [0, 0.1) is 6.92 Å². The third-order valence-electron chi connectivity index (χ3n) is 3.84. The van der Waals surface area contributed by atoms with Crippen molar-refractivity contribution in [1.82, 2.24) is 10.4 Å². The van der Waals surface area contributed by atoms with Crippen LogP contribution in [0.1, 0.15) is 24.0 Å². The maximum Gasteiger partial charge on any atom is 0.298 e. The zero-order valence-corrected chi connectivity index (χ0v) is 13.1. The molecule has 3 N–H and O–H groups in total. The second-order valence-electron chi connectivity index (χ2n) is 5.57. The molecule has 1 fully saturated rings. The lowest BCUT2D eigenvalue weighted by molar-refractivity contribution is -0.657. The molecular weight excluding hydrogens is 300 g/mol. The van der Waals surface area contributed by atoms with E-state index in [0.717, 1.165) is 35.9 Å². The lowest BCUT2D eigenvalue weighted by Gasteiger charge is -2.05. The molecule has 1 aliphatic heterocycles. The van der Waals surface area contributed by atoms with E-state index in [1.165, 1.54) is 0 Å². The van der Waals surface area contributed by atoms with Crippen molar-refractivity contribution in [2.45, 2.75) is 25.8 Å². The van der Waals surface area contributed by atoms with Crippen molar-refractivity contribution in [2.75, 3.05) is 6.54 Å². The molecular formula is C16H18ClN4O+. The predicted octanol–water partition coefficient (Wildman–Crippen LogP) is 1.37. The number of hydrazone groups is 1. The minimum absolute atomic E-state index is 0.0228. The number of aryl methyl sites for hydroxylation is 1. The molecule has 1 aromatic heterocycles.